The van der Waals surface area contributed by atoms with Crippen molar-refractivity contribution in [2.75, 3.05) is 0 Å². The second-order valence-corrected chi connectivity index (χ2v) is 7.53. The fraction of sp³-hybridized carbons (Fsp3) is 0.200. The minimum absolute atomic E-state index is 0.0796. The molecule has 0 bridgehead atoms. The molecule has 5 nitrogen and oxygen atoms in total. The molecule has 0 amide bonds. The number of nitrogens with zero attached hydrogens (tertiary/aromatic N) is 4. The van der Waals surface area contributed by atoms with Crippen LogP contribution in [-0.2, 0) is 12.8 Å². The highest BCUT2D eigenvalue weighted by Gasteiger charge is 2.19. The molecule has 0 saturated heterocycles. The van der Waals surface area contributed by atoms with Gasteiger partial charge in [0, 0.05) is 22.0 Å². The third-order valence-corrected chi connectivity index (χ3v) is 6.06. The van der Waals surface area contributed by atoms with Crippen LogP contribution in [0.5, 0.6) is 0 Å². The molecule has 0 atom stereocenters. The zero-order valence-electron chi connectivity index (χ0n) is 14.1. The van der Waals surface area contributed by atoms with Crippen LogP contribution in [-0.4, -0.2) is 20.9 Å². The number of pyridine rings is 1. The summed E-state index contributed by atoms with van der Waals surface area (Å²) in [7, 11) is 0. The van der Waals surface area contributed by atoms with E-state index in [-0.39, 0.29) is 5.56 Å². The monoisotopic (exact) mass is 360 g/mol. The predicted molar refractivity (Wildman–Crippen MR) is 105 cm³/mol. The standard InChI is InChI=1S/C20H16N4OS/c25-20-18-15-6-1-2-9-17(15)26-19(18)22-12-24(20)23-11-13-5-3-8-16-14(13)7-4-10-21-16/h3-5,7-8,10-12H,1-2,6,9H2/b23-11+. The van der Waals surface area contributed by atoms with E-state index in [0.717, 1.165) is 45.9 Å². The summed E-state index contributed by atoms with van der Waals surface area (Å²) >= 11 is 1.65. The average molecular weight is 360 g/mol. The molecule has 0 aliphatic heterocycles. The summed E-state index contributed by atoms with van der Waals surface area (Å²) in [4.78, 5) is 23.9. The van der Waals surface area contributed by atoms with Gasteiger partial charge >= 0.3 is 0 Å². The van der Waals surface area contributed by atoms with Crippen LogP contribution in [0, 0.1) is 0 Å². The van der Waals surface area contributed by atoms with Crippen LogP contribution in [0.25, 0.3) is 21.1 Å². The number of thiophene rings is 1. The number of hydrogen-bond donors (Lipinski definition) is 0. The normalized spacial score (nSPS) is 14.3. The fourth-order valence-corrected chi connectivity index (χ4v) is 4.80. The van der Waals surface area contributed by atoms with Gasteiger partial charge < -0.3 is 0 Å². The highest BCUT2D eigenvalue weighted by Crippen LogP contribution is 2.33. The van der Waals surface area contributed by atoms with Gasteiger partial charge in [-0.25, -0.2) is 4.98 Å². The van der Waals surface area contributed by atoms with Crippen molar-refractivity contribution in [2.24, 2.45) is 5.10 Å². The molecule has 6 heteroatoms. The third kappa shape index (κ3) is 2.45. The summed E-state index contributed by atoms with van der Waals surface area (Å²) in [5.74, 6) is 0. The van der Waals surface area contributed by atoms with Crippen molar-refractivity contribution < 1.29 is 0 Å². The van der Waals surface area contributed by atoms with E-state index in [2.05, 4.69) is 15.1 Å². The maximum atomic E-state index is 12.9. The van der Waals surface area contributed by atoms with Gasteiger partial charge in [0.25, 0.3) is 5.56 Å². The maximum Gasteiger partial charge on any atom is 0.282 e. The number of aromatic nitrogens is 3. The van der Waals surface area contributed by atoms with Crippen molar-refractivity contribution in [1.29, 1.82) is 0 Å². The van der Waals surface area contributed by atoms with Crippen molar-refractivity contribution >= 4 is 38.7 Å². The van der Waals surface area contributed by atoms with Gasteiger partial charge in [-0.3, -0.25) is 9.78 Å². The Labute approximate surface area is 153 Å². The van der Waals surface area contributed by atoms with E-state index in [1.54, 1.807) is 23.7 Å². The lowest BCUT2D eigenvalue weighted by atomic mass is 9.97. The molecule has 26 heavy (non-hydrogen) atoms. The summed E-state index contributed by atoms with van der Waals surface area (Å²) < 4.78 is 1.35. The zero-order chi connectivity index (χ0) is 17.5. The van der Waals surface area contributed by atoms with Crippen LogP contribution in [0.2, 0.25) is 0 Å². The smallest absolute Gasteiger partial charge is 0.267 e. The fourth-order valence-electron chi connectivity index (χ4n) is 3.58. The Bertz CT molecular complexity index is 1220. The molecule has 3 heterocycles. The van der Waals surface area contributed by atoms with Crippen LogP contribution >= 0.6 is 11.3 Å². The second kappa shape index (κ2) is 6.14. The maximum absolute atomic E-state index is 12.9. The van der Waals surface area contributed by atoms with Gasteiger partial charge in [-0.2, -0.15) is 9.78 Å². The van der Waals surface area contributed by atoms with Crippen LogP contribution in [0.15, 0.2) is 52.8 Å². The van der Waals surface area contributed by atoms with Crippen LogP contribution < -0.4 is 5.56 Å². The first kappa shape index (κ1) is 15.4. The molecule has 0 saturated carbocycles. The molecule has 128 valence electrons. The quantitative estimate of drug-likeness (QED) is 0.511. The first-order chi connectivity index (χ1) is 12.8. The largest absolute Gasteiger partial charge is 0.282 e. The van der Waals surface area contributed by atoms with Gasteiger partial charge in [0.05, 0.1) is 17.1 Å². The molecular weight excluding hydrogens is 344 g/mol. The van der Waals surface area contributed by atoms with E-state index < -0.39 is 0 Å². The summed E-state index contributed by atoms with van der Waals surface area (Å²) in [6.07, 6.45) is 9.35. The molecule has 3 aromatic heterocycles. The molecule has 5 rings (SSSR count). The molecule has 1 aliphatic rings. The van der Waals surface area contributed by atoms with Gasteiger partial charge in [0.1, 0.15) is 11.2 Å². The van der Waals surface area contributed by atoms with Gasteiger partial charge in [-0.05, 0) is 43.4 Å². The van der Waals surface area contributed by atoms with E-state index in [0.29, 0.717) is 0 Å². The molecule has 1 aliphatic carbocycles. The topological polar surface area (TPSA) is 60.1 Å². The Morgan fingerprint density at radius 1 is 1.12 bits per heavy atom. The zero-order valence-corrected chi connectivity index (χ0v) is 14.9. The van der Waals surface area contributed by atoms with Gasteiger partial charge in [-0.1, -0.05) is 18.2 Å². The van der Waals surface area contributed by atoms with Gasteiger partial charge in [-0.15, -0.1) is 11.3 Å². The number of hydrogen-bond acceptors (Lipinski definition) is 5. The molecule has 0 N–H and O–H groups in total. The van der Waals surface area contributed by atoms with Crippen molar-refractivity contribution in [3.8, 4) is 0 Å². The summed E-state index contributed by atoms with van der Waals surface area (Å²) in [6, 6.07) is 9.78. The van der Waals surface area contributed by atoms with E-state index in [1.807, 2.05) is 30.3 Å². The van der Waals surface area contributed by atoms with Crippen LogP contribution in [0.1, 0.15) is 28.8 Å². The first-order valence-electron chi connectivity index (χ1n) is 8.71. The van der Waals surface area contributed by atoms with Crippen LogP contribution in [0.3, 0.4) is 0 Å². The molecular formula is C20H16N4OS. The molecule has 1 aromatic carbocycles. The Balaban J connectivity index is 1.62. The van der Waals surface area contributed by atoms with Gasteiger partial charge in [0.15, 0.2) is 0 Å². The lowest BCUT2D eigenvalue weighted by molar-refractivity contribution is 0.699. The molecule has 4 aromatic rings. The molecule has 0 spiro atoms. The minimum atomic E-state index is -0.0796. The SMILES string of the molecule is O=c1c2c3c(sc2ncn1/N=C/c1cccc2ncccc12)CCCC3. The molecule has 0 unspecified atom stereocenters. The lowest BCUT2D eigenvalue weighted by Gasteiger charge is -2.09. The summed E-state index contributed by atoms with van der Waals surface area (Å²) in [5.41, 5.74) is 2.94. The number of rotatable bonds is 2. The van der Waals surface area contributed by atoms with Crippen molar-refractivity contribution in [1.82, 2.24) is 14.6 Å². The van der Waals surface area contributed by atoms with E-state index in [4.69, 9.17) is 0 Å². The highest BCUT2D eigenvalue weighted by atomic mass is 32.1. The predicted octanol–water partition coefficient (Wildman–Crippen LogP) is 3.77. The van der Waals surface area contributed by atoms with Gasteiger partial charge in [0.2, 0.25) is 0 Å². The Morgan fingerprint density at radius 3 is 3.00 bits per heavy atom. The Morgan fingerprint density at radius 2 is 2.04 bits per heavy atom. The van der Waals surface area contributed by atoms with Crippen molar-refractivity contribution in [3.63, 3.8) is 0 Å². The lowest BCUT2D eigenvalue weighted by Crippen LogP contribution is -2.18. The average Bonchev–Trinajstić information content (AvgIpc) is 3.07. The Hall–Kier alpha value is -2.86. The van der Waals surface area contributed by atoms with Crippen LogP contribution in [0.4, 0.5) is 0 Å². The van der Waals surface area contributed by atoms with Crippen molar-refractivity contribution in [3.05, 3.63) is 69.2 Å². The second-order valence-electron chi connectivity index (χ2n) is 6.45. The molecule has 0 fully saturated rings. The highest BCUT2D eigenvalue weighted by molar-refractivity contribution is 7.18. The minimum Gasteiger partial charge on any atom is -0.267 e. The number of benzene rings is 1. The first-order valence-corrected chi connectivity index (χ1v) is 9.53. The third-order valence-electron chi connectivity index (χ3n) is 4.86. The summed E-state index contributed by atoms with van der Waals surface area (Å²) in [6.45, 7) is 0. The van der Waals surface area contributed by atoms with E-state index >= 15 is 0 Å². The molecule has 0 radical (unpaired) electrons. The summed E-state index contributed by atoms with van der Waals surface area (Å²) in [5, 5.41) is 6.16. The Kier molecular flexibility index (Phi) is 3.64. The van der Waals surface area contributed by atoms with E-state index in [1.165, 1.54) is 27.9 Å². The van der Waals surface area contributed by atoms with E-state index in [9.17, 15) is 4.79 Å². The number of aryl methyl sites for hydroxylation is 2. The van der Waals surface area contributed by atoms with Crippen molar-refractivity contribution in [2.45, 2.75) is 25.7 Å². The number of fused-ring (bicyclic) bond motifs is 4.